The first kappa shape index (κ1) is 21.7. The Kier molecular flexibility index (Phi) is 5.98. The van der Waals surface area contributed by atoms with Crippen molar-refractivity contribution in [2.24, 2.45) is 0 Å². The van der Waals surface area contributed by atoms with Crippen LogP contribution in [-0.2, 0) is 9.53 Å². The lowest BCUT2D eigenvalue weighted by Gasteiger charge is -2.52. The average Bonchev–Trinajstić information content (AvgIpc) is 2.63. The number of hydrogen-bond acceptors (Lipinski definition) is 5. The van der Waals surface area contributed by atoms with E-state index >= 15 is 0 Å². The fourth-order valence-corrected chi connectivity index (χ4v) is 4.22. The van der Waals surface area contributed by atoms with E-state index in [2.05, 4.69) is 14.8 Å². The van der Waals surface area contributed by atoms with Gasteiger partial charge in [0.2, 0.25) is 0 Å². The number of alkyl halides is 2. The minimum Gasteiger partial charge on any atom is -0.459 e. The monoisotopic (exact) mass is 418 g/mol. The molecule has 1 heterocycles. The smallest absolute Gasteiger partial charge is 0.459 e. The number of hydrogen-bond donors (Lipinski definition) is 1. The number of fused-ring (bicyclic) bond motifs is 1. The molecule has 1 aliphatic carbocycles. The molecule has 3 rings (SSSR count). The van der Waals surface area contributed by atoms with Gasteiger partial charge in [-0.1, -0.05) is 12.8 Å². The summed E-state index contributed by atoms with van der Waals surface area (Å²) in [5, 5.41) is 3.56. The van der Waals surface area contributed by atoms with Gasteiger partial charge in [0.15, 0.2) is 11.6 Å². The molecule has 1 N–H and O–H groups in total. The summed E-state index contributed by atoms with van der Waals surface area (Å²) in [5.74, 6) is -5.06. The van der Waals surface area contributed by atoms with Crippen LogP contribution in [0.4, 0.5) is 23.2 Å². The van der Waals surface area contributed by atoms with E-state index < -0.39 is 29.5 Å². The summed E-state index contributed by atoms with van der Waals surface area (Å²) >= 11 is 0. The number of halogens is 4. The molecule has 0 bridgehead atoms. The van der Waals surface area contributed by atoms with E-state index in [0.29, 0.717) is 12.6 Å². The molecule has 2 atom stereocenters. The van der Waals surface area contributed by atoms with Crippen molar-refractivity contribution in [3.63, 3.8) is 0 Å². The highest BCUT2D eigenvalue weighted by Gasteiger charge is 2.46. The largest absolute Gasteiger partial charge is 0.502 e. The molecule has 0 unspecified atom stereocenters. The predicted molar refractivity (Wildman–Crippen MR) is 99.2 cm³/mol. The summed E-state index contributed by atoms with van der Waals surface area (Å²) < 4.78 is 65.4. The summed E-state index contributed by atoms with van der Waals surface area (Å²) in [7, 11) is 0. The van der Waals surface area contributed by atoms with E-state index in [0.717, 1.165) is 31.7 Å². The Bertz CT molecular complexity index is 772. The molecule has 0 aromatic heterocycles. The maximum atomic E-state index is 14.9. The van der Waals surface area contributed by atoms with Gasteiger partial charge in [0.25, 0.3) is 0 Å². The first-order valence-corrected chi connectivity index (χ1v) is 9.81. The number of anilines is 1. The molecular weight excluding hydrogens is 392 g/mol. The van der Waals surface area contributed by atoms with E-state index in [4.69, 9.17) is 0 Å². The minimum atomic E-state index is -4.42. The number of nitrogens with one attached hydrogen (secondary N) is 1. The zero-order valence-corrected chi connectivity index (χ0v) is 16.7. The zero-order valence-electron chi connectivity index (χ0n) is 16.7. The molecule has 1 aromatic carbocycles. The van der Waals surface area contributed by atoms with E-state index in [1.54, 1.807) is 0 Å². The summed E-state index contributed by atoms with van der Waals surface area (Å²) in [6, 6.07) is 1.54. The van der Waals surface area contributed by atoms with Gasteiger partial charge in [0.05, 0.1) is 12.3 Å². The summed E-state index contributed by atoms with van der Waals surface area (Å²) in [6.45, 7) is 5.45. The van der Waals surface area contributed by atoms with Gasteiger partial charge in [-0.3, -0.25) is 0 Å². The topological polar surface area (TPSA) is 50.8 Å². The molecule has 1 aromatic rings. The third-order valence-electron chi connectivity index (χ3n) is 5.33. The zero-order chi connectivity index (χ0) is 21.4. The highest BCUT2D eigenvalue weighted by atomic mass is 19.3. The van der Waals surface area contributed by atoms with Crippen molar-refractivity contribution in [1.29, 1.82) is 0 Å². The van der Waals surface area contributed by atoms with E-state index in [-0.39, 0.29) is 29.9 Å². The third-order valence-corrected chi connectivity index (χ3v) is 5.33. The Hall–Kier alpha value is -2.03. The molecule has 2 fully saturated rings. The Balaban J connectivity index is 1.89. The fraction of sp³-hybridized carbons (Fsp3) is 0.650. The number of carbonyl (C=O) groups excluding carboxylic acids is 1. The molecule has 0 radical (unpaired) electrons. The number of rotatable bonds is 5. The second-order valence-corrected chi connectivity index (χ2v) is 8.19. The maximum Gasteiger partial charge on any atom is 0.502 e. The van der Waals surface area contributed by atoms with Gasteiger partial charge in [-0.15, -0.1) is 0 Å². The van der Waals surface area contributed by atoms with Gasteiger partial charge in [-0.05, 0) is 33.6 Å². The standard InChI is InChI=1S/C20H26F4N2O3/c1-4-28-18(27)20(23,24)29-17-10-12(21)16(9-13(17)22)26-11-19(2,3)25-14-7-5-6-8-15(14)26/h9-10,14-15,25H,4-8,11H2,1-3H3/t14-,15+/m1/s1. The molecule has 1 saturated carbocycles. The van der Waals surface area contributed by atoms with Crippen LogP contribution >= 0.6 is 0 Å². The van der Waals surface area contributed by atoms with Crippen molar-refractivity contribution in [3.05, 3.63) is 23.8 Å². The van der Waals surface area contributed by atoms with Gasteiger partial charge in [0, 0.05) is 36.3 Å². The average molecular weight is 418 g/mol. The van der Waals surface area contributed by atoms with Crippen LogP contribution in [0, 0.1) is 11.6 Å². The molecule has 9 heteroatoms. The van der Waals surface area contributed by atoms with Crippen molar-refractivity contribution >= 4 is 11.7 Å². The van der Waals surface area contributed by atoms with Crippen LogP contribution in [0.2, 0.25) is 0 Å². The number of esters is 1. The molecule has 0 amide bonds. The van der Waals surface area contributed by atoms with Gasteiger partial charge >= 0.3 is 12.1 Å². The lowest BCUT2D eigenvalue weighted by atomic mass is 9.83. The van der Waals surface area contributed by atoms with Gasteiger partial charge in [-0.25, -0.2) is 13.6 Å². The molecular formula is C20H26F4N2O3. The van der Waals surface area contributed by atoms with Crippen molar-refractivity contribution in [3.8, 4) is 5.75 Å². The van der Waals surface area contributed by atoms with Crippen LogP contribution in [0.5, 0.6) is 5.75 Å². The molecule has 5 nitrogen and oxygen atoms in total. The highest BCUT2D eigenvalue weighted by Crippen LogP contribution is 2.37. The lowest BCUT2D eigenvalue weighted by molar-refractivity contribution is -0.217. The predicted octanol–water partition coefficient (Wildman–Crippen LogP) is 4.00. The van der Waals surface area contributed by atoms with Crippen LogP contribution in [0.25, 0.3) is 0 Å². The van der Waals surface area contributed by atoms with E-state index in [1.807, 2.05) is 18.7 Å². The fourth-order valence-electron chi connectivity index (χ4n) is 4.22. The van der Waals surface area contributed by atoms with Crippen molar-refractivity contribution in [1.82, 2.24) is 5.32 Å². The van der Waals surface area contributed by atoms with Gasteiger partial charge in [0.1, 0.15) is 5.82 Å². The normalized spacial score (nSPS) is 24.0. The SMILES string of the molecule is CCOC(=O)C(F)(F)Oc1cc(F)c(N2CC(C)(C)N[C@@H]3CCCC[C@@H]32)cc1F. The third kappa shape index (κ3) is 4.60. The van der Waals surface area contributed by atoms with Crippen molar-refractivity contribution in [2.45, 2.75) is 70.2 Å². The second-order valence-electron chi connectivity index (χ2n) is 8.19. The molecule has 162 valence electrons. The number of benzene rings is 1. The Morgan fingerprint density at radius 3 is 2.62 bits per heavy atom. The van der Waals surface area contributed by atoms with Gasteiger partial charge in [-0.2, -0.15) is 8.78 Å². The van der Waals surface area contributed by atoms with Crippen molar-refractivity contribution < 1.29 is 31.8 Å². The summed E-state index contributed by atoms with van der Waals surface area (Å²) in [6.07, 6.45) is -0.618. The van der Waals surface area contributed by atoms with E-state index in [9.17, 15) is 22.4 Å². The number of carbonyl (C=O) groups is 1. The maximum absolute atomic E-state index is 14.9. The first-order valence-electron chi connectivity index (χ1n) is 9.81. The quantitative estimate of drug-likeness (QED) is 0.579. The van der Waals surface area contributed by atoms with Crippen LogP contribution < -0.4 is 15.0 Å². The Morgan fingerprint density at radius 1 is 1.24 bits per heavy atom. The summed E-state index contributed by atoms with van der Waals surface area (Å²) in [4.78, 5) is 13.1. The molecule has 1 saturated heterocycles. The lowest BCUT2D eigenvalue weighted by Crippen LogP contribution is -2.67. The van der Waals surface area contributed by atoms with Gasteiger partial charge < -0.3 is 19.7 Å². The second kappa shape index (κ2) is 8.01. The Morgan fingerprint density at radius 2 is 1.93 bits per heavy atom. The first-order chi connectivity index (χ1) is 13.5. The molecule has 0 spiro atoms. The summed E-state index contributed by atoms with van der Waals surface area (Å²) in [5.41, 5.74) is -0.325. The highest BCUT2D eigenvalue weighted by molar-refractivity contribution is 5.76. The van der Waals surface area contributed by atoms with Crippen LogP contribution in [-0.4, -0.2) is 42.9 Å². The molecule has 2 aliphatic rings. The number of piperazine rings is 1. The number of ether oxygens (including phenoxy) is 2. The van der Waals surface area contributed by atoms with Crippen LogP contribution in [0.3, 0.4) is 0 Å². The van der Waals surface area contributed by atoms with Crippen molar-refractivity contribution in [2.75, 3.05) is 18.1 Å². The molecule has 1 aliphatic heterocycles. The Labute approximate surface area is 167 Å². The minimum absolute atomic E-state index is 0.000719. The number of nitrogens with zero attached hydrogens (tertiary/aromatic N) is 1. The van der Waals surface area contributed by atoms with Crippen LogP contribution in [0.1, 0.15) is 46.5 Å². The van der Waals surface area contributed by atoms with Crippen LogP contribution in [0.15, 0.2) is 12.1 Å². The molecule has 29 heavy (non-hydrogen) atoms. The van der Waals surface area contributed by atoms with E-state index in [1.165, 1.54) is 6.92 Å².